The molecule has 0 aromatic heterocycles. The summed E-state index contributed by atoms with van der Waals surface area (Å²) in [4.78, 5) is 22.9. The number of aliphatic hydroxyl groups excluding tert-OH is 1. The zero-order valence-electron chi connectivity index (χ0n) is 21.0. The predicted molar refractivity (Wildman–Crippen MR) is 134 cm³/mol. The lowest BCUT2D eigenvalue weighted by atomic mass is 10.1. The van der Waals surface area contributed by atoms with E-state index in [-0.39, 0.29) is 32.5 Å². The van der Waals surface area contributed by atoms with E-state index >= 15 is 0 Å². The van der Waals surface area contributed by atoms with Crippen molar-refractivity contribution >= 4 is 23.5 Å². The van der Waals surface area contributed by atoms with Crippen molar-refractivity contribution < 1.29 is 43.1 Å². The molecule has 2 aromatic carbocycles. The zero-order chi connectivity index (χ0) is 26.8. The predicted octanol–water partition coefficient (Wildman–Crippen LogP) is 2.44. The molecule has 0 spiro atoms. The largest absolute Gasteiger partial charge is 0.467 e. The quantitative estimate of drug-likeness (QED) is 0.347. The number of methoxy groups -OCH3 is 2. The maximum Gasteiger partial charge on any atom is 0.331 e. The Labute approximate surface area is 220 Å². The summed E-state index contributed by atoms with van der Waals surface area (Å²) in [5.74, 6) is -1.54. The Morgan fingerprint density at radius 3 is 2.27 bits per heavy atom. The van der Waals surface area contributed by atoms with Crippen LogP contribution in [-0.4, -0.2) is 76.1 Å². The molecule has 2 unspecified atom stereocenters. The van der Waals surface area contributed by atoms with Crippen molar-refractivity contribution in [2.24, 2.45) is 0 Å². The highest BCUT2D eigenvalue weighted by Gasteiger charge is 2.43. The average Bonchev–Trinajstić information content (AvgIpc) is 3.24. The topological polar surface area (TPSA) is 122 Å². The molecule has 3 rings (SSSR count). The molecule has 0 amide bonds. The van der Waals surface area contributed by atoms with Crippen LogP contribution in [0.3, 0.4) is 0 Å². The number of fused-ring (bicyclic) bond motifs is 1. The van der Waals surface area contributed by atoms with Gasteiger partial charge in [-0.05, 0) is 48.7 Å². The fourth-order valence-electron chi connectivity index (χ4n) is 3.69. The average molecular weight is 538 g/mol. The summed E-state index contributed by atoms with van der Waals surface area (Å²) in [5, 5.41) is 14.4. The second-order valence-corrected chi connectivity index (χ2v) is 9.05. The Hall–Kier alpha value is -2.89. The highest BCUT2D eigenvalue weighted by atomic mass is 35.5. The number of carbonyl (C=O) groups excluding carboxylic acids is 2. The number of carbonyl (C=O) groups is 2. The molecule has 2 N–H and O–H groups in total. The van der Waals surface area contributed by atoms with E-state index in [0.29, 0.717) is 29.5 Å². The Morgan fingerprint density at radius 1 is 1.00 bits per heavy atom. The molecule has 0 saturated heterocycles. The lowest BCUT2D eigenvalue weighted by molar-refractivity contribution is -0.181. The Bertz CT molecular complexity index is 1040. The first-order valence-electron chi connectivity index (χ1n) is 11.7. The first kappa shape index (κ1) is 28.7. The van der Waals surface area contributed by atoms with Crippen LogP contribution in [0, 0.1) is 0 Å². The number of halogens is 1. The van der Waals surface area contributed by atoms with E-state index in [0.717, 1.165) is 11.1 Å². The van der Waals surface area contributed by atoms with Crippen molar-refractivity contribution in [3.63, 3.8) is 0 Å². The highest BCUT2D eigenvalue weighted by Crippen LogP contribution is 2.40. The van der Waals surface area contributed by atoms with Gasteiger partial charge in [0.2, 0.25) is 0 Å². The summed E-state index contributed by atoms with van der Waals surface area (Å²) in [5.41, 5.74) is 1.72. The Balaban J connectivity index is 1.59. The van der Waals surface area contributed by atoms with Crippen LogP contribution in [0.4, 0.5) is 0 Å². The van der Waals surface area contributed by atoms with E-state index in [1.807, 2.05) is 25.1 Å². The van der Waals surface area contributed by atoms with Crippen LogP contribution in [-0.2, 0) is 35.0 Å². The van der Waals surface area contributed by atoms with Gasteiger partial charge in [-0.2, -0.15) is 0 Å². The van der Waals surface area contributed by atoms with Gasteiger partial charge in [0.1, 0.15) is 26.4 Å². The Kier molecular flexibility index (Phi) is 10.5. The third-order valence-electron chi connectivity index (χ3n) is 5.57. The molecule has 0 bridgehead atoms. The molecule has 0 saturated carbocycles. The molecule has 1 heterocycles. The van der Waals surface area contributed by atoms with Crippen molar-refractivity contribution in [1.29, 1.82) is 0 Å². The van der Waals surface area contributed by atoms with Gasteiger partial charge >= 0.3 is 11.9 Å². The number of hydrogen-bond donors (Lipinski definition) is 2. The minimum atomic E-state index is -1.39. The molecule has 0 aliphatic carbocycles. The summed E-state index contributed by atoms with van der Waals surface area (Å²) in [6.07, 6.45) is -0.0302. The maximum atomic E-state index is 11.4. The molecular weight excluding hydrogens is 506 g/mol. The van der Waals surface area contributed by atoms with Crippen LogP contribution in [0.15, 0.2) is 42.5 Å². The van der Waals surface area contributed by atoms with Crippen molar-refractivity contribution in [1.82, 2.24) is 5.32 Å². The van der Waals surface area contributed by atoms with Crippen LogP contribution in [0.2, 0.25) is 5.02 Å². The molecule has 2 aromatic rings. The molecule has 0 radical (unpaired) electrons. The van der Waals surface area contributed by atoms with Crippen molar-refractivity contribution in [3.05, 3.63) is 58.6 Å². The molecule has 11 heteroatoms. The first-order chi connectivity index (χ1) is 17.7. The minimum Gasteiger partial charge on any atom is -0.467 e. The second-order valence-electron chi connectivity index (χ2n) is 8.62. The van der Waals surface area contributed by atoms with Gasteiger partial charge in [0, 0.05) is 17.6 Å². The molecule has 2 atom stereocenters. The summed E-state index contributed by atoms with van der Waals surface area (Å²) in [7, 11) is 2.52. The molecule has 1 aliphatic rings. The molecule has 10 nitrogen and oxygen atoms in total. The number of nitrogens with one attached hydrogen (secondary N) is 1. The van der Waals surface area contributed by atoms with E-state index in [1.54, 1.807) is 24.3 Å². The van der Waals surface area contributed by atoms with E-state index in [4.69, 9.17) is 30.5 Å². The first-order valence-corrected chi connectivity index (χ1v) is 12.1. The van der Waals surface area contributed by atoms with Crippen LogP contribution in [0.25, 0.3) is 0 Å². The SMILES string of the molecule is COC(=O)COCC1(COCC(=O)OC)Oc2ccc(CC(C)NCC(O)c3cccc(Cl)c3)cc2O1. The summed E-state index contributed by atoms with van der Waals surface area (Å²) >= 11 is 6.01. The normalized spacial score (nSPS) is 15.2. The number of rotatable bonds is 14. The van der Waals surface area contributed by atoms with Crippen LogP contribution < -0.4 is 14.8 Å². The third kappa shape index (κ3) is 8.58. The zero-order valence-corrected chi connectivity index (χ0v) is 21.8. The van der Waals surface area contributed by atoms with Crippen molar-refractivity contribution in [2.45, 2.75) is 31.3 Å². The van der Waals surface area contributed by atoms with Gasteiger partial charge in [-0.15, -0.1) is 0 Å². The lowest BCUT2D eigenvalue weighted by Crippen LogP contribution is -2.48. The van der Waals surface area contributed by atoms with Gasteiger partial charge in [0.15, 0.2) is 11.5 Å². The molecule has 202 valence electrons. The lowest BCUT2D eigenvalue weighted by Gasteiger charge is -2.26. The monoisotopic (exact) mass is 537 g/mol. The fraction of sp³-hybridized carbons (Fsp3) is 0.462. The summed E-state index contributed by atoms with van der Waals surface area (Å²) < 4.78 is 32.1. The minimum absolute atomic E-state index is 0.0470. The van der Waals surface area contributed by atoms with E-state index < -0.39 is 23.8 Å². The number of hydrogen-bond acceptors (Lipinski definition) is 10. The Morgan fingerprint density at radius 2 is 1.65 bits per heavy atom. The van der Waals surface area contributed by atoms with Crippen LogP contribution >= 0.6 is 11.6 Å². The van der Waals surface area contributed by atoms with Crippen LogP contribution in [0.5, 0.6) is 11.5 Å². The van der Waals surface area contributed by atoms with Gasteiger partial charge in [-0.25, -0.2) is 9.59 Å². The molecule has 37 heavy (non-hydrogen) atoms. The highest BCUT2D eigenvalue weighted by molar-refractivity contribution is 6.30. The number of benzene rings is 2. The molecule has 0 fully saturated rings. The third-order valence-corrected chi connectivity index (χ3v) is 5.81. The maximum absolute atomic E-state index is 11.4. The van der Waals surface area contributed by atoms with Crippen molar-refractivity contribution in [3.8, 4) is 11.5 Å². The van der Waals surface area contributed by atoms with E-state index in [1.165, 1.54) is 14.2 Å². The van der Waals surface area contributed by atoms with Crippen molar-refractivity contribution in [2.75, 3.05) is 47.2 Å². The number of ether oxygens (including phenoxy) is 6. The summed E-state index contributed by atoms with van der Waals surface area (Å²) in [6.45, 7) is 1.49. The van der Waals surface area contributed by atoms with Crippen LogP contribution in [0.1, 0.15) is 24.2 Å². The van der Waals surface area contributed by atoms with Gasteiger partial charge < -0.3 is 38.8 Å². The smallest absolute Gasteiger partial charge is 0.331 e. The second kappa shape index (κ2) is 13.6. The molecular formula is C26H32ClNO9. The van der Waals surface area contributed by atoms with E-state index in [2.05, 4.69) is 14.8 Å². The van der Waals surface area contributed by atoms with Gasteiger partial charge in [-0.1, -0.05) is 29.8 Å². The number of esters is 2. The van der Waals surface area contributed by atoms with Gasteiger partial charge in [0.05, 0.1) is 20.3 Å². The summed E-state index contributed by atoms with van der Waals surface area (Å²) in [6, 6.07) is 12.7. The van der Waals surface area contributed by atoms with Gasteiger partial charge in [0.25, 0.3) is 5.79 Å². The molecule has 1 aliphatic heterocycles. The number of aliphatic hydroxyl groups is 1. The standard InChI is InChI=1S/C26H32ClNO9/c1-17(28-12-21(29)19-5-4-6-20(27)11-19)9-18-7-8-22-23(10-18)37-26(36-22,15-34-13-24(30)32-2)16-35-14-25(31)33-3/h4-8,10-11,17,21,28-29H,9,12-16H2,1-3H3. The van der Waals surface area contributed by atoms with E-state index in [9.17, 15) is 14.7 Å². The fourth-order valence-corrected chi connectivity index (χ4v) is 3.89. The van der Waals surface area contributed by atoms with Gasteiger partial charge in [-0.3, -0.25) is 0 Å².